The van der Waals surface area contributed by atoms with Crippen LogP contribution in [0, 0.1) is 11.6 Å². The van der Waals surface area contributed by atoms with E-state index in [0.717, 1.165) is 18.2 Å². The van der Waals surface area contributed by atoms with Crippen LogP contribution in [-0.4, -0.2) is 41.5 Å². The summed E-state index contributed by atoms with van der Waals surface area (Å²) in [5.41, 5.74) is 4.58. The molecule has 1 aromatic rings. The molecule has 0 unspecified atom stereocenters. The van der Waals surface area contributed by atoms with Crippen LogP contribution in [0.4, 0.5) is 8.78 Å². The third-order valence-electron chi connectivity index (χ3n) is 3.84. The van der Waals surface area contributed by atoms with Crippen molar-refractivity contribution < 1.29 is 13.6 Å². The van der Waals surface area contributed by atoms with Crippen molar-refractivity contribution >= 4 is 23.1 Å². The zero-order valence-electron chi connectivity index (χ0n) is 11.7. The van der Waals surface area contributed by atoms with E-state index in [2.05, 4.69) is 10.2 Å². The van der Waals surface area contributed by atoms with Crippen molar-refractivity contribution in [3.63, 3.8) is 0 Å². The van der Waals surface area contributed by atoms with Crippen LogP contribution in [0.2, 0.25) is 0 Å². The van der Waals surface area contributed by atoms with Crippen LogP contribution in [0.15, 0.2) is 18.2 Å². The van der Waals surface area contributed by atoms with Gasteiger partial charge >= 0.3 is 0 Å². The first-order chi connectivity index (χ1) is 9.84. The Morgan fingerprint density at radius 2 is 2.00 bits per heavy atom. The largest absolute Gasteiger partial charge is 0.391 e. The number of benzene rings is 1. The minimum absolute atomic E-state index is 0.167. The van der Waals surface area contributed by atoms with Crippen molar-refractivity contribution in [1.29, 1.82) is 0 Å². The minimum Gasteiger partial charge on any atom is -0.391 e. The number of nitrogens with one attached hydrogen (secondary N) is 1. The molecule has 114 valence electrons. The summed E-state index contributed by atoms with van der Waals surface area (Å²) in [5.74, 6) is -2.15. The lowest BCUT2D eigenvalue weighted by molar-refractivity contribution is 0.0885. The Hall–Kier alpha value is -1.60. The first-order valence-electron chi connectivity index (χ1n) is 6.60. The second-order valence-electron chi connectivity index (χ2n) is 5.33. The summed E-state index contributed by atoms with van der Waals surface area (Å²) in [4.78, 5) is 14.5. The van der Waals surface area contributed by atoms with E-state index < -0.39 is 23.1 Å². The molecule has 0 atom stereocenters. The maximum absolute atomic E-state index is 13.7. The fraction of sp³-hybridized carbons (Fsp3) is 0.429. The number of halogens is 2. The molecule has 0 spiro atoms. The van der Waals surface area contributed by atoms with Crippen molar-refractivity contribution in [2.24, 2.45) is 5.73 Å². The van der Waals surface area contributed by atoms with Crippen LogP contribution in [0.5, 0.6) is 0 Å². The molecule has 7 heteroatoms. The Bertz CT molecular complexity index is 571. The first-order valence-corrected chi connectivity index (χ1v) is 7.01. The van der Waals surface area contributed by atoms with Gasteiger partial charge in [0.1, 0.15) is 11.6 Å². The molecule has 3 N–H and O–H groups in total. The maximum Gasteiger partial charge on any atom is 0.255 e. The Labute approximate surface area is 127 Å². The van der Waals surface area contributed by atoms with E-state index in [-0.39, 0.29) is 10.6 Å². The molecule has 0 aromatic heterocycles. The highest BCUT2D eigenvalue weighted by Gasteiger charge is 2.38. The average molecular weight is 313 g/mol. The molecule has 1 amide bonds. The number of hydrogen-bond donors (Lipinski definition) is 2. The van der Waals surface area contributed by atoms with Crippen LogP contribution in [-0.2, 0) is 0 Å². The predicted octanol–water partition coefficient (Wildman–Crippen LogP) is 1.45. The molecule has 1 saturated heterocycles. The van der Waals surface area contributed by atoms with Gasteiger partial charge < -0.3 is 16.0 Å². The molecule has 0 saturated carbocycles. The molecule has 1 aromatic carbocycles. The SMILES string of the molecule is CN1CCC(NC(=O)c2cc(F)ccc2F)(C(N)=S)CC1. The van der Waals surface area contributed by atoms with E-state index in [4.69, 9.17) is 18.0 Å². The Morgan fingerprint density at radius 1 is 1.38 bits per heavy atom. The maximum atomic E-state index is 13.7. The number of thiocarbonyl (C=S) groups is 1. The summed E-state index contributed by atoms with van der Waals surface area (Å²) in [6, 6.07) is 2.75. The van der Waals surface area contributed by atoms with Crippen molar-refractivity contribution in [2.45, 2.75) is 18.4 Å². The number of nitrogens with zero attached hydrogens (tertiary/aromatic N) is 1. The number of rotatable bonds is 3. The highest BCUT2D eigenvalue weighted by Crippen LogP contribution is 2.23. The number of nitrogens with two attached hydrogens (primary N) is 1. The monoisotopic (exact) mass is 313 g/mol. The topological polar surface area (TPSA) is 58.4 Å². The highest BCUT2D eigenvalue weighted by molar-refractivity contribution is 7.80. The third kappa shape index (κ3) is 3.36. The normalized spacial score (nSPS) is 18.2. The Kier molecular flexibility index (Phi) is 4.53. The fourth-order valence-corrected chi connectivity index (χ4v) is 2.64. The Balaban J connectivity index is 2.23. The molecule has 0 aliphatic carbocycles. The first kappa shape index (κ1) is 15.8. The van der Waals surface area contributed by atoms with E-state index in [0.29, 0.717) is 25.9 Å². The lowest BCUT2D eigenvalue weighted by atomic mass is 9.87. The summed E-state index contributed by atoms with van der Waals surface area (Å²) >= 11 is 5.07. The molecule has 1 aliphatic heterocycles. The quantitative estimate of drug-likeness (QED) is 0.829. The lowest BCUT2D eigenvalue weighted by Crippen LogP contribution is -2.61. The van der Waals surface area contributed by atoms with Crippen molar-refractivity contribution in [1.82, 2.24) is 10.2 Å². The summed E-state index contributed by atoms with van der Waals surface area (Å²) < 4.78 is 26.8. The van der Waals surface area contributed by atoms with E-state index >= 15 is 0 Å². The smallest absolute Gasteiger partial charge is 0.255 e. The van der Waals surface area contributed by atoms with Crippen LogP contribution in [0.3, 0.4) is 0 Å². The summed E-state index contributed by atoms with van der Waals surface area (Å²) in [6.45, 7) is 1.42. The second-order valence-corrected chi connectivity index (χ2v) is 5.77. The number of amides is 1. The summed E-state index contributed by atoms with van der Waals surface area (Å²) in [6.07, 6.45) is 1.09. The molecular formula is C14H17F2N3OS. The number of likely N-dealkylation sites (tertiary alicyclic amines) is 1. The molecule has 0 bridgehead atoms. The Morgan fingerprint density at radius 3 is 2.57 bits per heavy atom. The van der Waals surface area contributed by atoms with Gasteiger partial charge in [-0.25, -0.2) is 8.78 Å². The lowest BCUT2D eigenvalue weighted by Gasteiger charge is -2.40. The number of carbonyl (C=O) groups excluding carboxylic acids is 1. The zero-order chi connectivity index (χ0) is 15.6. The summed E-state index contributed by atoms with van der Waals surface area (Å²) in [7, 11) is 1.96. The van der Waals surface area contributed by atoms with Crippen molar-refractivity contribution in [3.8, 4) is 0 Å². The number of hydrogen-bond acceptors (Lipinski definition) is 3. The van der Waals surface area contributed by atoms with Gasteiger partial charge in [0, 0.05) is 13.1 Å². The predicted molar refractivity (Wildman–Crippen MR) is 80.1 cm³/mol. The number of piperidine rings is 1. The molecule has 0 radical (unpaired) electrons. The fourth-order valence-electron chi connectivity index (χ4n) is 2.39. The second kappa shape index (κ2) is 6.03. The third-order valence-corrected chi connectivity index (χ3v) is 4.23. The number of carbonyl (C=O) groups is 1. The van der Waals surface area contributed by atoms with Crippen molar-refractivity contribution in [3.05, 3.63) is 35.4 Å². The minimum atomic E-state index is -0.850. The molecule has 1 fully saturated rings. The molecule has 21 heavy (non-hydrogen) atoms. The summed E-state index contributed by atoms with van der Waals surface area (Å²) in [5, 5.41) is 2.70. The van der Waals surface area contributed by atoms with E-state index in [1.807, 2.05) is 7.05 Å². The molecular weight excluding hydrogens is 296 g/mol. The van der Waals surface area contributed by atoms with Crippen LogP contribution in [0.1, 0.15) is 23.2 Å². The molecule has 2 rings (SSSR count). The van der Waals surface area contributed by atoms with E-state index in [1.54, 1.807) is 0 Å². The standard InChI is InChI=1S/C14H17F2N3OS/c1-19-6-4-14(5-7-19,13(17)21)18-12(20)10-8-9(15)2-3-11(10)16/h2-3,8H,4-7H2,1H3,(H2,17,21)(H,18,20). The van der Waals surface area contributed by atoms with Gasteiger partial charge in [-0.15, -0.1) is 0 Å². The van der Waals surface area contributed by atoms with Gasteiger partial charge in [-0.2, -0.15) is 0 Å². The van der Waals surface area contributed by atoms with Gasteiger partial charge in [0.25, 0.3) is 5.91 Å². The zero-order valence-corrected chi connectivity index (χ0v) is 12.5. The van der Waals surface area contributed by atoms with Crippen LogP contribution >= 0.6 is 12.2 Å². The van der Waals surface area contributed by atoms with Crippen molar-refractivity contribution in [2.75, 3.05) is 20.1 Å². The van der Waals surface area contributed by atoms with Gasteiger partial charge in [-0.3, -0.25) is 4.79 Å². The van der Waals surface area contributed by atoms with Gasteiger partial charge in [0.2, 0.25) is 0 Å². The van der Waals surface area contributed by atoms with Crippen LogP contribution in [0.25, 0.3) is 0 Å². The molecule has 1 heterocycles. The van der Waals surface area contributed by atoms with E-state index in [9.17, 15) is 13.6 Å². The average Bonchev–Trinajstić information content (AvgIpc) is 2.44. The van der Waals surface area contributed by atoms with Gasteiger partial charge in [-0.1, -0.05) is 12.2 Å². The molecule has 4 nitrogen and oxygen atoms in total. The van der Waals surface area contributed by atoms with Gasteiger partial charge in [-0.05, 0) is 38.1 Å². The highest BCUT2D eigenvalue weighted by atomic mass is 32.1. The van der Waals surface area contributed by atoms with Gasteiger partial charge in [0.15, 0.2) is 0 Å². The van der Waals surface area contributed by atoms with E-state index in [1.165, 1.54) is 0 Å². The van der Waals surface area contributed by atoms with Gasteiger partial charge in [0.05, 0.1) is 16.1 Å². The van der Waals surface area contributed by atoms with Crippen LogP contribution < -0.4 is 11.1 Å². The molecule has 1 aliphatic rings.